The monoisotopic (exact) mass is 325 g/mol. The maximum atomic E-state index is 12.1. The molecule has 3 rings (SSSR count). The van der Waals surface area contributed by atoms with E-state index in [0.717, 1.165) is 5.56 Å². The van der Waals surface area contributed by atoms with E-state index in [-0.39, 0.29) is 11.7 Å². The van der Waals surface area contributed by atoms with E-state index in [4.69, 9.17) is 9.15 Å². The number of hydrogen-bond acceptors (Lipinski definition) is 4. The Bertz CT molecular complexity index is 793. The van der Waals surface area contributed by atoms with Crippen LogP contribution in [0.25, 0.3) is 0 Å². The Balaban J connectivity index is 1.54. The predicted molar refractivity (Wildman–Crippen MR) is 88.4 cm³/mol. The highest BCUT2D eigenvalue weighted by Gasteiger charge is 2.11. The van der Waals surface area contributed by atoms with Crippen molar-refractivity contribution < 1.29 is 13.9 Å². The molecule has 2 aromatic heterocycles. The second-order valence-corrected chi connectivity index (χ2v) is 5.41. The van der Waals surface area contributed by atoms with Crippen molar-refractivity contribution in [2.75, 3.05) is 7.11 Å². The zero-order valence-corrected chi connectivity index (χ0v) is 13.4. The number of rotatable bonds is 7. The number of nitrogens with zero attached hydrogens (tertiary/aromatic N) is 2. The lowest BCUT2D eigenvalue weighted by atomic mass is 10.2. The Morgan fingerprint density at radius 3 is 2.83 bits per heavy atom. The average Bonchev–Trinajstić information content (AvgIpc) is 3.24. The number of furan rings is 1. The van der Waals surface area contributed by atoms with Gasteiger partial charge in [-0.25, -0.2) is 0 Å². The second-order valence-electron chi connectivity index (χ2n) is 5.41. The lowest BCUT2D eigenvalue weighted by Gasteiger charge is -2.02. The van der Waals surface area contributed by atoms with Gasteiger partial charge in [0.1, 0.15) is 12.4 Å². The molecule has 2 heterocycles. The average molecular weight is 325 g/mol. The van der Waals surface area contributed by atoms with Crippen molar-refractivity contribution in [2.45, 2.75) is 19.7 Å². The molecule has 1 amide bonds. The Morgan fingerprint density at radius 1 is 1.21 bits per heavy atom. The molecule has 24 heavy (non-hydrogen) atoms. The van der Waals surface area contributed by atoms with Crippen LogP contribution in [0, 0.1) is 0 Å². The van der Waals surface area contributed by atoms with E-state index in [1.807, 2.05) is 29.1 Å². The van der Waals surface area contributed by atoms with Crippen molar-refractivity contribution in [3.63, 3.8) is 0 Å². The molecule has 124 valence electrons. The van der Waals surface area contributed by atoms with Crippen LogP contribution in [-0.4, -0.2) is 22.8 Å². The summed E-state index contributed by atoms with van der Waals surface area (Å²) in [5.41, 5.74) is 2.11. The normalized spacial score (nSPS) is 10.7. The fraction of sp³-hybridized carbons (Fsp3) is 0.222. The van der Waals surface area contributed by atoms with Gasteiger partial charge in [0, 0.05) is 25.4 Å². The van der Waals surface area contributed by atoms with E-state index in [0.29, 0.717) is 25.5 Å². The third kappa shape index (κ3) is 4.11. The number of aromatic nitrogens is 2. The second kappa shape index (κ2) is 7.61. The first-order chi connectivity index (χ1) is 11.7. The summed E-state index contributed by atoms with van der Waals surface area (Å²) in [4.78, 5) is 12.1. The van der Waals surface area contributed by atoms with Crippen molar-refractivity contribution >= 4 is 5.91 Å². The molecule has 0 aliphatic heterocycles. The molecule has 1 aromatic carbocycles. The minimum Gasteiger partial charge on any atom is -0.453 e. The Hall–Kier alpha value is -2.86. The van der Waals surface area contributed by atoms with E-state index < -0.39 is 0 Å². The summed E-state index contributed by atoms with van der Waals surface area (Å²) in [5.74, 6) is 0.644. The molecule has 0 fully saturated rings. The van der Waals surface area contributed by atoms with Crippen LogP contribution in [-0.2, 0) is 24.4 Å². The van der Waals surface area contributed by atoms with Gasteiger partial charge in [0.2, 0.25) is 0 Å². The van der Waals surface area contributed by atoms with Crippen molar-refractivity contribution in [1.82, 2.24) is 15.1 Å². The van der Waals surface area contributed by atoms with Crippen LogP contribution in [0.5, 0.6) is 0 Å². The molecule has 0 radical (unpaired) electrons. The van der Waals surface area contributed by atoms with Gasteiger partial charge >= 0.3 is 0 Å². The van der Waals surface area contributed by atoms with Crippen LogP contribution in [0.1, 0.15) is 27.4 Å². The summed E-state index contributed by atoms with van der Waals surface area (Å²) < 4.78 is 12.2. The van der Waals surface area contributed by atoms with Gasteiger partial charge in [0.15, 0.2) is 5.76 Å². The molecular weight excluding hydrogens is 306 g/mol. The van der Waals surface area contributed by atoms with Gasteiger partial charge in [0.25, 0.3) is 5.91 Å². The van der Waals surface area contributed by atoms with Crippen molar-refractivity contribution in [3.8, 4) is 0 Å². The highest BCUT2D eigenvalue weighted by atomic mass is 16.5. The summed E-state index contributed by atoms with van der Waals surface area (Å²) in [6.45, 7) is 1.45. The maximum Gasteiger partial charge on any atom is 0.287 e. The quantitative estimate of drug-likeness (QED) is 0.725. The molecule has 3 aromatic rings. The Morgan fingerprint density at radius 2 is 2.04 bits per heavy atom. The maximum absolute atomic E-state index is 12.1. The molecule has 0 bridgehead atoms. The number of nitrogens with one attached hydrogen (secondary N) is 1. The zero-order valence-electron chi connectivity index (χ0n) is 13.4. The van der Waals surface area contributed by atoms with Gasteiger partial charge in [-0.15, -0.1) is 0 Å². The van der Waals surface area contributed by atoms with E-state index in [1.165, 1.54) is 5.56 Å². The lowest BCUT2D eigenvalue weighted by Crippen LogP contribution is -2.22. The largest absolute Gasteiger partial charge is 0.453 e. The Kier molecular flexibility index (Phi) is 5.08. The topological polar surface area (TPSA) is 69.3 Å². The SMILES string of the molecule is COCc1ccc(C(=O)NCc2cnn(Cc3ccccc3)c2)o1. The molecule has 0 spiro atoms. The van der Waals surface area contributed by atoms with Gasteiger partial charge in [0.05, 0.1) is 12.7 Å². The summed E-state index contributed by atoms with van der Waals surface area (Å²) in [5, 5.41) is 7.14. The van der Waals surface area contributed by atoms with Gasteiger partial charge in [-0.2, -0.15) is 5.10 Å². The molecule has 0 saturated heterocycles. The number of methoxy groups -OCH3 is 1. The van der Waals surface area contributed by atoms with Gasteiger partial charge in [-0.3, -0.25) is 9.48 Å². The van der Waals surface area contributed by atoms with Crippen LogP contribution < -0.4 is 5.32 Å². The third-order valence-corrected chi connectivity index (χ3v) is 3.50. The van der Waals surface area contributed by atoms with E-state index in [2.05, 4.69) is 22.5 Å². The molecule has 1 N–H and O–H groups in total. The first-order valence-corrected chi connectivity index (χ1v) is 7.65. The van der Waals surface area contributed by atoms with Gasteiger partial charge in [-0.1, -0.05) is 30.3 Å². The fourth-order valence-electron chi connectivity index (χ4n) is 2.34. The van der Waals surface area contributed by atoms with Crippen LogP contribution in [0.4, 0.5) is 0 Å². The van der Waals surface area contributed by atoms with Crippen LogP contribution >= 0.6 is 0 Å². The van der Waals surface area contributed by atoms with E-state index in [9.17, 15) is 4.79 Å². The minimum atomic E-state index is -0.256. The lowest BCUT2D eigenvalue weighted by molar-refractivity contribution is 0.0914. The fourth-order valence-corrected chi connectivity index (χ4v) is 2.34. The molecular formula is C18H19N3O3. The number of hydrogen-bond donors (Lipinski definition) is 1. The molecule has 0 atom stereocenters. The van der Waals surface area contributed by atoms with Gasteiger partial charge in [-0.05, 0) is 17.7 Å². The molecule has 6 nitrogen and oxygen atoms in total. The standard InChI is InChI=1S/C18H19N3O3/c1-23-13-16-7-8-17(24-16)18(22)19-9-15-10-20-21(12-15)11-14-5-3-2-4-6-14/h2-8,10,12H,9,11,13H2,1H3,(H,19,22). The molecule has 6 heteroatoms. The summed E-state index contributed by atoms with van der Waals surface area (Å²) in [6.07, 6.45) is 3.67. The van der Waals surface area contributed by atoms with Crippen molar-refractivity contribution in [3.05, 3.63) is 77.5 Å². The number of benzene rings is 1. The number of carbonyl (C=O) groups is 1. The summed E-state index contributed by atoms with van der Waals surface area (Å²) in [7, 11) is 1.58. The number of carbonyl (C=O) groups excluding carboxylic acids is 1. The highest BCUT2D eigenvalue weighted by molar-refractivity contribution is 5.91. The predicted octanol–water partition coefficient (Wildman–Crippen LogP) is 2.60. The van der Waals surface area contributed by atoms with Gasteiger partial charge < -0.3 is 14.5 Å². The van der Waals surface area contributed by atoms with Crippen molar-refractivity contribution in [1.29, 1.82) is 0 Å². The molecule has 0 aliphatic rings. The smallest absolute Gasteiger partial charge is 0.287 e. The molecule has 0 saturated carbocycles. The Labute approximate surface area is 140 Å². The first-order valence-electron chi connectivity index (χ1n) is 7.65. The third-order valence-electron chi connectivity index (χ3n) is 3.50. The number of amides is 1. The van der Waals surface area contributed by atoms with E-state index >= 15 is 0 Å². The molecule has 0 unspecified atom stereocenters. The number of ether oxygens (including phenoxy) is 1. The minimum absolute atomic E-state index is 0.256. The summed E-state index contributed by atoms with van der Waals surface area (Å²) in [6, 6.07) is 13.5. The zero-order chi connectivity index (χ0) is 16.8. The van der Waals surface area contributed by atoms with Crippen LogP contribution in [0.2, 0.25) is 0 Å². The van der Waals surface area contributed by atoms with Crippen molar-refractivity contribution in [2.24, 2.45) is 0 Å². The van der Waals surface area contributed by atoms with Crippen LogP contribution in [0.15, 0.2) is 59.3 Å². The molecule has 0 aliphatic carbocycles. The first kappa shape index (κ1) is 16.0. The van der Waals surface area contributed by atoms with E-state index in [1.54, 1.807) is 25.4 Å². The highest BCUT2D eigenvalue weighted by Crippen LogP contribution is 2.09. The summed E-state index contributed by atoms with van der Waals surface area (Å²) >= 11 is 0. The van der Waals surface area contributed by atoms with Crippen LogP contribution in [0.3, 0.4) is 0 Å².